The van der Waals surface area contributed by atoms with Crippen LogP contribution in [0.2, 0.25) is 0 Å². The second kappa shape index (κ2) is 12.0. The summed E-state index contributed by atoms with van der Waals surface area (Å²) in [6.07, 6.45) is 10.9. The molecule has 2 aliphatic heterocycles. The lowest BCUT2D eigenvalue weighted by Gasteiger charge is -2.30. The summed E-state index contributed by atoms with van der Waals surface area (Å²) in [5, 5.41) is 3.46. The van der Waals surface area contributed by atoms with E-state index in [4.69, 9.17) is 0 Å². The maximum absolute atomic E-state index is 3.46. The van der Waals surface area contributed by atoms with Gasteiger partial charge in [0.05, 0.1) is 0 Å². The molecule has 0 amide bonds. The molecule has 2 saturated carbocycles. The first kappa shape index (κ1) is 26.9. The fourth-order valence-electron chi connectivity index (χ4n) is 6.74. The predicted molar refractivity (Wildman–Crippen MR) is 159 cm³/mol. The summed E-state index contributed by atoms with van der Waals surface area (Å²) in [7, 11) is 2.24. The van der Waals surface area contributed by atoms with E-state index in [0.717, 1.165) is 23.7 Å². The van der Waals surface area contributed by atoms with Crippen molar-refractivity contribution in [3.8, 4) is 0 Å². The Bertz CT molecular complexity index is 1020. The van der Waals surface area contributed by atoms with E-state index in [9.17, 15) is 0 Å². The number of benzene rings is 2. The van der Waals surface area contributed by atoms with Gasteiger partial charge in [0.2, 0.25) is 0 Å². The average Bonchev–Trinajstić information content (AvgIpc) is 3.83. The Labute approximate surface area is 227 Å². The highest BCUT2D eigenvalue weighted by molar-refractivity contribution is 5.41. The molecule has 202 valence electrons. The maximum Gasteiger partial charge on any atom is -0.00159 e. The van der Waals surface area contributed by atoms with Crippen LogP contribution in [0.4, 0.5) is 0 Å². The normalized spacial score (nSPS) is 21.8. The van der Waals surface area contributed by atoms with E-state index in [1.54, 1.807) is 33.4 Å². The SMILES string of the molecule is CC(C)c1ccc(C2CCN(C)CC2)cc1C1CC1.CC(C)c1ccc(C2CCNCC2)cc1C1CC1. The molecule has 0 bridgehead atoms. The number of rotatable bonds is 6. The van der Waals surface area contributed by atoms with E-state index in [1.165, 1.54) is 77.5 Å². The van der Waals surface area contributed by atoms with Crippen LogP contribution in [-0.4, -0.2) is 38.1 Å². The highest BCUT2D eigenvalue weighted by Crippen LogP contribution is 2.45. The Morgan fingerprint density at radius 2 is 1.03 bits per heavy atom. The molecule has 1 N–H and O–H groups in total. The molecule has 4 fully saturated rings. The second-order valence-electron chi connectivity index (χ2n) is 13.2. The van der Waals surface area contributed by atoms with Crippen LogP contribution in [0, 0.1) is 0 Å². The Morgan fingerprint density at radius 3 is 1.43 bits per heavy atom. The van der Waals surface area contributed by atoms with Crippen molar-refractivity contribution in [2.24, 2.45) is 0 Å². The van der Waals surface area contributed by atoms with Crippen molar-refractivity contribution < 1.29 is 0 Å². The van der Waals surface area contributed by atoms with Crippen molar-refractivity contribution in [1.29, 1.82) is 0 Å². The zero-order valence-electron chi connectivity index (χ0n) is 24.4. The van der Waals surface area contributed by atoms with Crippen molar-refractivity contribution in [2.45, 2.75) is 115 Å². The zero-order valence-corrected chi connectivity index (χ0v) is 24.4. The van der Waals surface area contributed by atoms with Gasteiger partial charge in [-0.3, -0.25) is 0 Å². The Balaban J connectivity index is 0.000000152. The average molecular weight is 501 g/mol. The van der Waals surface area contributed by atoms with Gasteiger partial charge in [0.1, 0.15) is 0 Å². The summed E-state index contributed by atoms with van der Waals surface area (Å²) in [5.41, 5.74) is 9.74. The minimum absolute atomic E-state index is 0.669. The van der Waals surface area contributed by atoms with Gasteiger partial charge in [-0.25, -0.2) is 0 Å². The van der Waals surface area contributed by atoms with Crippen LogP contribution in [0.3, 0.4) is 0 Å². The lowest BCUT2D eigenvalue weighted by Crippen LogP contribution is -2.29. The molecule has 2 heterocycles. The van der Waals surface area contributed by atoms with E-state index in [0.29, 0.717) is 11.8 Å². The Kier molecular flexibility index (Phi) is 8.77. The summed E-state index contributed by atoms with van der Waals surface area (Å²) < 4.78 is 0. The van der Waals surface area contributed by atoms with Gasteiger partial charge in [-0.05, 0) is 153 Å². The molecule has 0 aromatic heterocycles. The first-order chi connectivity index (χ1) is 17.9. The predicted octanol–water partition coefficient (Wildman–Crippen LogP) is 8.65. The molecular formula is C35H52N2. The monoisotopic (exact) mass is 500 g/mol. The van der Waals surface area contributed by atoms with Crippen molar-refractivity contribution in [3.63, 3.8) is 0 Å². The Hall–Kier alpha value is -1.64. The van der Waals surface area contributed by atoms with Gasteiger partial charge >= 0.3 is 0 Å². The van der Waals surface area contributed by atoms with E-state index in [1.807, 2.05) is 0 Å². The highest BCUT2D eigenvalue weighted by atomic mass is 15.1. The van der Waals surface area contributed by atoms with Crippen molar-refractivity contribution in [3.05, 3.63) is 69.8 Å². The largest absolute Gasteiger partial charge is 0.317 e. The van der Waals surface area contributed by atoms with E-state index in [-0.39, 0.29) is 0 Å². The molecule has 0 unspecified atom stereocenters. The molecule has 2 heteroatoms. The lowest BCUT2D eigenvalue weighted by molar-refractivity contribution is 0.255. The molecule has 37 heavy (non-hydrogen) atoms. The molecule has 6 rings (SSSR count). The fourth-order valence-corrected chi connectivity index (χ4v) is 6.74. The molecule has 2 nitrogen and oxygen atoms in total. The minimum atomic E-state index is 0.669. The summed E-state index contributed by atoms with van der Waals surface area (Å²) in [6.45, 7) is 14.2. The first-order valence-corrected chi connectivity index (χ1v) is 15.6. The molecule has 4 aliphatic rings. The quantitative estimate of drug-likeness (QED) is 0.427. The first-order valence-electron chi connectivity index (χ1n) is 15.6. The fraction of sp³-hybridized carbons (Fsp3) is 0.657. The van der Waals surface area contributed by atoms with Crippen LogP contribution in [0.1, 0.15) is 148 Å². The summed E-state index contributed by atoms with van der Waals surface area (Å²) in [4.78, 5) is 2.46. The van der Waals surface area contributed by atoms with Crippen LogP contribution in [0.5, 0.6) is 0 Å². The minimum Gasteiger partial charge on any atom is -0.317 e. The topological polar surface area (TPSA) is 15.3 Å². The van der Waals surface area contributed by atoms with E-state index >= 15 is 0 Å². The van der Waals surface area contributed by atoms with E-state index in [2.05, 4.69) is 81.4 Å². The van der Waals surface area contributed by atoms with Crippen molar-refractivity contribution in [1.82, 2.24) is 10.2 Å². The molecule has 0 atom stereocenters. The number of hydrogen-bond donors (Lipinski definition) is 1. The maximum atomic E-state index is 3.46. The van der Waals surface area contributed by atoms with E-state index < -0.39 is 0 Å². The molecule has 2 aromatic rings. The number of piperidine rings is 2. The third-order valence-corrected chi connectivity index (χ3v) is 9.50. The molecule has 2 saturated heterocycles. The van der Waals surface area contributed by atoms with Crippen LogP contribution in [-0.2, 0) is 0 Å². The lowest BCUT2D eigenvalue weighted by atomic mass is 9.85. The smallest absolute Gasteiger partial charge is 0.00159 e. The highest BCUT2D eigenvalue weighted by Gasteiger charge is 2.29. The van der Waals surface area contributed by atoms with Crippen LogP contribution >= 0.6 is 0 Å². The van der Waals surface area contributed by atoms with Crippen molar-refractivity contribution in [2.75, 3.05) is 33.2 Å². The summed E-state index contributed by atoms with van der Waals surface area (Å²) in [6, 6.07) is 14.8. The molecule has 0 radical (unpaired) electrons. The zero-order chi connectivity index (χ0) is 25.9. The number of likely N-dealkylation sites (tertiary alicyclic amines) is 1. The van der Waals surface area contributed by atoms with Gasteiger partial charge in [0, 0.05) is 0 Å². The third-order valence-electron chi connectivity index (χ3n) is 9.50. The number of nitrogens with zero attached hydrogens (tertiary/aromatic N) is 1. The molecule has 2 aliphatic carbocycles. The van der Waals surface area contributed by atoms with Gasteiger partial charge in [-0.1, -0.05) is 64.1 Å². The second-order valence-corrected chi connectivity index (χ2v) is 13.2. The molecule has 0 spiro atoms. The van der Waals surface area contributed by atoms with Gasteiger partial charge in [-0.2, -0.15) is 0 Å². The number of hydrogen-bond acceptors (Lipinski definition) is 2. The molecule has 2 aromatic carbocycles. The van der Waals surface area contributed by atoms with Gasteiger partial charge < -0.3 is 10.2 Å². The van der Waals surface area contributed by atoms with Crippen LogP contribution < -0.4 is 5.32 Å². The summed E-state index contributed by atoms with van der Waals surface area (Å²) >= 11 is 0. The molecular weight excluding hydrogens is 448 g/mol. The van der Waals surface area contributed by atoms with Gasteiger partial charge in [0.15, 0.2) is 0 Å². The summed E-state index contributed by atoms with van der Waals surface area (Å²) in [5.74, 6) is 4.69. The van der Waals surface area contributed by atoms with Gasteiger partial charge in [-0.15, -0.1) is 0 Å². The Morgan fingerprint density at radius 1 is 0.595 bits per heavy atom. The third kappa shape index (κ3) is 6.87. The van der Waals surface area contributed by atoms with Gasteiger partial charge in [0.25, 0.3) is 0 Å². The van der Waals surface area contributed by atoms with Crippen LogP contribution in [0.25, 0.3) is 0 Å². The number of nitrogens with one attached hydrogen (secondary N) is 1. The van der Waals surface area contributed by atoms with Crippen LogP contribution in [0.15, 0.2) is 36.4 Å². The standard InChI is InChI=1S/C18H27N.C17H25N/c1-13(2)17-7-6-16(12-18(17)15-4-5-15)14-8-10-19(3)11-9-14;1-12(2)16-6-5-15(11-17(16)14-3-4-14)13-7-9-18-10-8-13/h6-7,12-15H,4-5,8-11H2,1-3H3;5-6,11-14,18H,3-4,7-10H2,1-2H3. The van der Waals surface area contributed by atoms with Crippen molar-refractivity contribution >= 4 is 0 Å².